The zero-order valence-electron chi connectivity index (χ0n) is 8.04. The fourth-order valence-electron chi connectivity index (χ4n) is 1.70. The first-order chi connectivity index (χ1) is 6.26. The summed E-state index contributed by atoms with van der Waals surface area (Å²) in [4.78, 5) is 0. The number of methoxy groups -OCH3 is 1. The zero-order chi connectivity index (χ0) is 9.31. The summed E-state index contributed by atoms with van der Waals surface area (Å²) in [6.07, 6.45) is 1.08. The van der Waals surface area contributed by atoms with Crippen molar-refractivity contribution in [2.45, 2.75) is 18.9 Å². The Morgan fingerprint density at radius 2 is 2.08 bits per heavy atom. The highest BCUT2D eigenvalue weighted by Gasteiger charge is 2.37. The summed E-state index contributed by atoms with van der Waals surface area (Å²) < 4.78 is 10.9. The van der Waals surface area contributed by atoms with Crippen LogP contribution in [0.25, 0.3) is 0 Å². The van der Waals surface area contributed by atoms with Crippen LogP contribution in [0.4, 0.5) is 0 Å². The van der Waals surface area contributed by atoms with Gasteiger partial charge in [0.1, 0.15) is 5.75 Å². The highest BCUT2D eigenvalue weighted by molar-refractivity contribution is 5.38. The van der Waals surface area contributed by atoms with Gasteiger partial charge in [-0.1, -0.05) is 18.2 Å². The highest BCUT2D eigenvalue weighted by atomic mass is 16.5. The van der Waals surface area contributed by atoms with Crippen LogP contribution >= 0.6 is 0 Å². The first-order valence-electron chi connectivity index (χ1n) is 4.54. The number of para-hydroxylation sites is 1. The first-order valence-corrected chi connectivity index (χ1v) is 4.54. The summed E-state index contributed by atoms with van der Waals surface area (Å²) in [6.45, 7) is 2.96. The van der Waals surface area contributed by atoms with Gasteiger partial charge >= 0.3 is 0 Å². The minimum Gasteiger partial charge on any atom is -0.496 e. The maximum atomic E-state index is 5.57. The van der Waals surface area contributed by atoms with Gasteiger partial charge in [0.15, 0.2) is 0 Å². The van der Waals surface area contributed by atoms with Crippen molar-refractivity contribution in [3.05, 3.63) is 29.8 Å². The second-order valence-corrected chi connectivity index (χ2v) is 3.53. The maximum Gasteiger partial charge on any atom is 0.124 e. The van der Waals surface area contributed by atoms with Gasteiger partial charge in [0.05, 0.1) is 19.3 Å². The molecule has 1 fully saturated rings. The van der Waals surface area contributed by atoms with Crippen LogP contribution in [-0.4, -0.2) is 13.7 Å². The Morgan fingerprint density at radius 1 is 1.38 bits per heavy atom. The van der Waals surface area contributed by atoms with Gasteiger partial charge in [-0.2, -0.15) is 0 Å². The lowest BCUT2D eigenvalue weighted by atomic mass is 9.88. The predicted molar refractivity (Wildman–Crippen MR) is 50.9 cm³/mol. The maximum absolute atomic E-state index is 5.57. The molecule has 0 amide bonds. The fraction of sp³-hybridized carbons (Fsp3) is 0.455. The number of rotatable bonds is 2. The van der Waals surface area contributed by atoms with Gasteiger partial charge in [-0.3, -0.25) is 0 Å². The molecule has 1 aliphatic heterocycles. The number of hydrogen-bond acceptors (Lipinski definition) is 2. The van der Waals surface area contributed by atoms with E-state index in [4.69, 9.17) is 9.47 Å². The second kappa shape index (κ2) is 3.04. The molecule has 2 heteroatoms. The summed E-state index contributed by atoms with van der Waals surface area (Å²) >= 11 is 0. The Morgan fingerprint density at radius 3 is 2.62 bits per heavy atom. The van der Waals surface area contributed by atoms with E-state index in [0.29, 0.717) is 0 Å². The van der Waals surface area contributed by atoms with Crippen LogP contribution in [0.5, 0.6) is 5.75 Å². The Balaban J connectivity index is 2.38. The molecule has 0 radical (unpaired) electrons. The van der Waals surface area contributed by atoms with Gasteiger partial charge < -0.3 is 9.47 Å². The van der Waals surface area contributed by atoms with E-state index in [2.05, 4.69) is 13.0 Å². The molecule has 1 unspecified atom stereocenters. The summed E-state index contributed by atoms with van der Waals surface area (Å²) in [5, 5.41) is 0. The molecule has 1 heterocycles. The average molecular weight is 178 g/mol. The molecule has 0 aliphatic carbocycles. The first kappa shape index (κ1) is 8.57. The lowest BCUT2D eigenvalue weighted by Gasteiger charge is -2.39. The zero-order valence-corrected chi connectivity index (χ0v) is 8.04. The largest absolute Gasteiger partial charge is 0.496 e. The SMILES string of the molecule is COc1ccccc1C1(C)CCO1. The number of benzene rings is 1. The fourth-order valence-corrected chi connectivity index (χ4v) is 1.70. The van der Waals surface area contributed by atoms with E-state index in [0.717, 1.165) is 24.3 Å². The van der Waals surface area contributed by atoms with Gasteiger partial charge in [-0.25, -0.2) is 0 Å². The van der Waals surface area contributed by atoms with E-state index in [-0.39, 0.29) is 5.60 Å². The second-order valence-electron chi connectivity index (χ2n) is 3.53. The predicted octanol–water partition coefficient (Wildman–Crippen LogP) is 2.33. The third kappa shape index (κ3) is 1.31. The lowest BCUT2D eigenvalue weighted by molar-refractivity contribution is -0.141. The molecule has 1 aromatic rings. The molecule has 70 valence electrons. The molecular weight excluding hydrogens is 164 g/mol. The summed E-state index contributed by atoms with van der Waals surface area (Å²) in [6, 6.07) is 8.04. The minimum absolute atomic E-state index is 0.118. The van der Waals surface area contributed by atoms with E-state index in [9.17, 15) is 0 Å². The van der Waals surface area contributed by atoms with Gasteiger partial charge in [0, 0.05) is 12.0 Å². The Kier molecular flexibility index (Phi) is 2.00. The molecule has 13 heavy (non-hydrogen) atoms. The molecule has 2 nitrogen and oxygen atoms in total. The normalized spacial score (nSPS) is 26.6. The lowest BCUT2D eigenvalue weighted by Crippen LogP contribution is -2.37. The van der Waals surface area contributed by atoms with Crippen LogP contribution in [0, 0.1) is 0 Å². The van der Waals surface area contributed by atoms with Crippen molar-refractivity contribution in [3.8, 4) is 5.75 Å². The number of ether oxygens (including phenoxy) is 2. The van der Waals surface area contributed by atoms with Crippen LogP contribution < -0.4 is 4.74 Å². The van der Waals surface area contributed by atoms with E-state index in [1.165, 1.54) is 0 Å². The average Bonchev–Trinajstić information content (AvgIpc) is 2.14. The van der Waals surface area contributed by atoms with Crippen molar-refractivity contribution in [2.24, 2.45) is 0 Å². The third-order valence-electron chi connectivity index (χ3n) is 2.68. The monoisotopic (exact) mass is 178 g/mol. The van der Waals surface area contributed by atoms with E-state index in [1.807, 2.05) is 18.2 Å². The van der Waals surface area contributed by atoms with Crippen LogP contribution in [0.3, 0.4) is 0 Å². The standard InChI is InChI=1S/C11H14O2/c1-11(7-8-13-11)9-5-3-4-6-10(9)12-2/h3-6H,7-8H2,1-2H3. The summed E-state index contributed by atoms with van der Waals surface area (Å²) in [7, 11) is 1.70. The molecule has 2 rings (SSSR count). The van der Waals surface area contributed by atoms with Crippen LogP contribution in [-0.2, 0) is 10.3 Å². The highest BCUT2D eigenvalue weighted by Crippen LogP contribution is 2.41. The van der Waals surface area contributed by atoms with E-state index < -0.39 is 0 Å². The summed E-state index contributed by atoms with van der Waals surface area (Å²) in [5.41, 5.74) is 1.04. The van der Waals surface area contributed by atoms with Crippen molar-refractivity contribution >= 4 is 0 Å². The van der Waals surface area contributed by atoms with E-state index >= 15 is 0 Å². The molecule has 0 aromatic heterocycles. The van der Waals surface area contributed by atoms with Crippen molar-refractivity contribution in [3.63, 3.8) is 0 Å². The molecule has 1 aliphatic rings. The molecular formula is C11H14O2. The van der Waals surface area contributed by atoms with Crippen LogP contribution in [0.1, 0.15) is 18.9 Å². The topological polar surface area (TPSA) is 18.5 Å². The quantitative estimate of drug-likeness (QED) is 0.692. The Bertz CT molecular complexity index is 303. The van der Waals surface area contributed by atoms with Gasteiger partial charge in [-0.15, -0.1) is 0 Å². The minimum atomic E-state index is -0.118. The molecule has 1 atom stereocenters. The van der Waals surface area contributed by atoms with Gasteiger partial charge in [0.25, 0.3) is 0 Å². The van der Waals surface area contributed by atoms with Crippen molar-refractivity contribution in [1.82, 2.24) is 0 Å². The van der Waals surface area contributed by atoms with Crippen LogP contribution in [0.2, 0.25) is 0 Å². The Hall–Kier alpha value is -1.02. The molecule has 0 N–H and O–H groups in total. The smallest absolute Gasteiger partial charge is 0.124 e. The molecule has 0 spiro atoms. The van der Waals surface area contributed by atoms with Gasteiger partial charge in [0.2, 0.25) is 0 Å². The molecule has 1 aromatic carbocycles. The molecule has 0 saturated carbocycles. The molecule has 1 saturated heterocycles. The van der Waals surface area contributed by atoms with Gasteiger partial charge in [-0.05, 0) is 13.0 Å². The summed E-state index contributed by atoms with van der Waals surface area (Å²) in [5.74, 6) is 0.921. The number of hydrogen-bond donors (Lipinski definition) is 0. The van der Waals surface area contributed by atoms with E-state index in [1.54, 1.807) is 7.11 Å². The van der Waals surface area contributed by atoms with Crippen molar-refractivity contribution in [1.29, 1.82) is 0 Å². The third-order valence-corrected chi connectivity index (χ3v) is 2.68. The molecule has 0 bridgehead atoms. The van der Waals surface area contributed by atoms with Crippen molar-refractivity contribution in [2.75, 3.05) is 13.7 Å². The van der Waals surface area contributed by atoms with Crippen molar-refractivity contribution < 1.29 is 9.47 Å². The Labute approximate surface area is 78.5 Å². The van der Waals surface area contributed by atoms with Crippen LogP contribution in [0.15, 0.2) is 24.3 Å².